The molecule has 4 aromatic heterocycles. The van der Waals surface area contributed by atoms with Crippen LogP contribution in [-0.2, 0) is 6.42 Å². The summed E-state index contributed by atoms with van der Waals surface area (Å²) in [6, 6.07) is 15.9. The largest absolute Gasteiger partial charge is 0.384 e. The van der Waals surface area contributed by atoms with Crippen LogP contribution in [0, 0.1) is 0 Å². The molecule has 0 atom stereocenters. The second-order valence-electron chi connectivity index (χ2n) is 7.19. The fraction of sp³-hybridized carbons (Fsp3) is 0.0909. The molecule has 0 aliphatic carbocycles. The van der Waals surface area contributed by atoms with Crippen LogP contribution in [0.3, 0.4) is 0 Å². The zero-order valence-corrected chi connectivity index (χ0v) is 16.0. The van der Waals surface area contributed by atoms with Crippen LogP contribution in [-0.4, -0.2) is 35.8 Å². The average Bonchev–Trinajstić information content (AvgIpc) is 3.51. The molecule has 5 aromatic rings. The first-order valence-corrected chi connectivity index (χ1v) is 9.75. The standard InChI is InChI=1S/C22H18N8/c23-20-16(3-1-9-25-20)21-27-18-6-7-19(29-12-2-10-26-29)28-22(18)30(21)15-4-5-17-14(13-15)8-11-24-17/h1-7,9-10,12-13,24H,8,11H2,(H2,23,25). The van der Waals surface area contributed by atoms with Crippen LogP contribution >= 0.6 is 0 Å². The first kappa shape index (κ1) is 16.7. The van der Waals surface area contributed by atoms with Crippen molar-refractivity contribution in [3.63, 3.8) is 0 Å². The number of benzene rings is 1. The smallest absolute Gasteiger partial charge is 0.167 e. The number of fused-ring (bicyclic) bond motifs is 2. The molecule has 1 aromatic carbocycles. The number of rotatable bonds is 3. The highest BCUT2D eigenvalue weighted by Crippen LogP contribution is 2.33. The van der Waals surface area contributed by atoms with Gasteiger partial charge in [0.1, 0.15) is 11.3 Å². The number of pyridine rings is 2. The molecular formula is C22H18N8. The van der Waals surface area contributed by atoms with Crippen molar-refractivity contribution < 1.29 is 0 Å². The van der Waals surface area contributed by atoms with Gasteiger partial charge in [0.15, 0.2) is 17.3 Å². The predicted molar refractivity (Wildman–Crippen MR) is 116 cm³/mol. The lowest BCUT2D eigenvalue weighted by atomic mass is 10.1. The highest BCUT2D eigenvalue weighted by molar-refractivity contribution is 5.83. The first-order chi connectivity index (χ1) is 14.8. The van der Waals surface area contributed by atoms with Gasteiger partial charge in [-0.15, -0.1) is 0 Å². The highest BCUT2D eigenvalue weighted by atomic mass is 15.3. The number of nitrogens with two attached hydrogens (primary N) is 1. The third-order valence-corrected chi connectivity index (χ3v) is 5.37. The number of aromatic nitrogens is 6. The summed E-state index contributed by atoms with van der Waals surface area (Å²) in [6.45, 7) is 0.952. The molecule has 146 valence electrons. The lowest BCUT2D eigenvalue weighted by Crippen LogP contribution is -2.04. The second-order valence-corrected chi connectivity index (χ2v) is 7.19. The molecule has 0 radical (unpaired) electrons. The Morgan fingerprint density at radius 3 is 2.83 bits per heavy atom. The number of anilines is 2. The molecule has 3 N–H and O–H groups in total. The van der Waals surface area contributed by atoms with Gasteiger partial charge in [0, 0.05) is 36.5 Å². The molecule has 30 heavy (non-hydrogen) atoms. The number of imidazole rings is 1. The molecule has 0 fully saturated rings. The van der Waals surface area contributed by atoms with Crippen LogP contribution in [0.4, 0.5) is 11.5 Å². The topological polar surface area (TPSA) is 99.5 Å². The molecule has 8 heteroatoms. The molecule has 5 heterocycles. The van der Waals surface area contributed by atoms with Gasteiger partial charge in [-0.25, -0.2) is 19.6 Å². The van der Waals surface area contributed by atoms with Crippen LogP contribution in [0.2, 0.25) is 0 Å². The van der Waals surface area contributed by atoms with E-state index in [-0.39, 0.29) is 0 Å². The maximum Gasteiger partial charge on any atom is 0.167 e. The van der Waals surface area contributed by atoms with Gasteiger partial charge in [-0.05, 0) is 60.5 Å². The molecule has 1 aliphatic heterocycles. The molecule has 0 unspecified atom stereocenters. The highest BCUT2D eigenvalue weighted by Gasteiger charge is 2.20. The number of hydrogen-bond donors (Lipinski definition) is 2. The molecule has 0 bridgehead atoms. The molecule has 0 spiro atoms. The van der Waals surface area contributed by atoms with Crippen molar-refractivity contribution in [1.82, 2.24) is 29.3 Å². The summed E-state index contributed by atoms with van der Waals surface area (Å²) in [5.41, 5.74) is 12.0. The van der Waals surface area contributed by atoms with Gasteiger partial charge in [-0.2, -0.15) is 5.10 Å². The lowest BCUT2D eigenvalue weighted by Gasteiger charge is -2.12. The van der Waals surface area contributed by atoms with Gasteiger partial charge < -0.3 is 11.1 Å². The van der Waals surface area contributed by atoms with E-state index in [4.69, 9.17) is 15.7 Å². The van der Waals surface area contributed by atoms with Crippen LogP contribution in [0.15, 0.2) is 67.1 Å². The quantitative estimate of drug-likeness (QED) is 0.487. The third-order valence-electron chi connectivity index (χ3n) is 5.37. The fourth-order valence-corrected chi connectivity index (χ4v) is 3.94. The van der Waals surface area contributed by atoms with E-state index < -0.39 is 0 Å². The van der Waals surface area contributed by atoms with Crippen molar-refractivity contribution in [3.8, 4) is 22.9 Å². The Kier molecular flexibility index (Phi) is 3.58. The zero-order valence-electron chi connectivity index (χ0n) is 16.0. The summed E-state index contributed by atoms with van der Waals surface area (Å²) in [5, 5.41) is 7.72. The fourth-order valence-electron chi connectivity index (χ4n) is 3.94. The van der Waals surface area contributed by atoms with E-state index in [1.807, 2.05) is 41.1 Å². The van der Waals surface area contributed by atoms with Crippen LogP contribution < -0.4 is 11.1 Å². The maximum atomic E-state index is 6.21. The van der Waals surface area contributed by atoms with Gasteiger partial charge in [0.2, 0.25) is 0 Å². The molecule has 6 rings (SSSR count). The van der Waals surface area contributed by atoms with E-state index >= 15 is 0 Å². The lowest BCUT2D eigenvalue weighted by molar-refractivity contribution is 0.849. The minimum Gasteiger partial charge on any atom is -0.384 e. The van der Waals surface area contributed by atoms with Crippen molar-refractivity contribution in [2.75, 3.05) is 17.6 Å². The maximum absolute atomic E-state index is 6.21. The number of hydrogen-bond acceptors (Lipinski definition) is 6. The Labute approximate surface area is 172 Å². The van der Waals surface area contributed by atoms with E-state index in [0.717, 1.165) is 41.2 Å². The van der Waals surface area contributed by atoms with Crippen molar-refractivity contribution in [3.05, 3.63) is 72.7 Å². The molecule has 0 saturated carbocycles. The summed E-state index contributed by atoms with van der Waals surface area (Å²) in [4.78, 5) is 14.0. The Morgan fingerprint density at radius 1 is 1.00 bits per heavy atom. The van der Waals surface area contributed by atoms with Gasteiger partial charge in [-0.1, -0.05) is 0 Å². The van der Waals surface area contributed by atoms with Crippen molar-refractivity contribution in [2.24, 2.45) is 0 Å². The molecule has 8 nitrogen and oxygen atoms in total. The van der Waals surface area contributed by atoms with E-state index in [2.05, 4.69) is 33.6 Å². The van der Waals surface area contributed by atoms with Gasteiger partial charge in [0.25, 0.3) is 0 Å². The molecule has 1 aliphatic rings. The van der Waals surface area contributed by atoms with Crippen LogP contribution in [0.5, 0.6) is 0 Å². The van der Waals surface area contributed by atoms with E-state index in [1.54, 1.807) is 17.1 Å². The minimum absolute atomic E-state index is 0.434. The first-order valence-electron chi connectivity index (χ1n) is 9.75. The average molecular weight is 394 g/mol. The normalized spacial score (nSPS) is 12.8. The third kappa shape index (κ3) is 2.54. The molecule has 0 amide bonds. The van der Waals surface area contributed by atoms with Crippen molar-refractivity contribution in [1.29, 1.82) is 0 Å². The van der Waals surface area contributed by atoms with E-state index in [9.17, 15) is 0 Å². The predicted octanol–water partition coefficient (Wildman–Crippen LogP) is 3.22. The van der Waals surface area contributed by atoms with Gasteiger partial charge in [0.05, 0.1) is 5.56 Å². The Hall–Kier alpha value is -4.20. The van der Waals surface area contributed by atoms with E-state index in [0.29, 0.717) is 11.6 Å². The molecule has 0 saturated heterocycles. The van der Waals surface area contributed by atoms with E-state index in [1.165, 1.54) is 11.3 Å². The van der Waals surface area contributed by atoms with Crippen molar-refractivity contribution in [2.45, 2.75) is 6.42 Å². The summed E-state index contributed by atoms with van der Waals surface area (Å²) in [6.07, 6.45) is 6.28. The summed E-state index contributed by atoms with van der Waals surface area (Å²) in [5.74, 6) is 1.87. The second kappa shape index (κ2) is 6.41. The molecular weight excluding hydrogens is 376 g/mol. The number of nitrogens with one attached hydrogen (secondary N) is 1. The zero-order chi connectivity index (χ0) is 20.1. The van der Waals surface area contributed by atoms with Gasteiger partial charge >= 0.3 is 0 Å². The summed E-state index contributed by atoms with van der Waals surface area (Å²) < 4.78 is 3.79. The van der Waals surface area contributed by atoms with Crippen LogP contribution in [0.1, 0.15) is 5.56 Å². The summed E-state index contributed by atoms with van der Waals surface area (Å²) >= 11 is 0. The Morgan fingerprint density at radius 2 is 1.97 bits per heavy atom. The SMILES string of the molecule is Nc1ncccc1-c1nc2ccc(-n3cccn3)nc2n1-c1ccc2c(c1)CCN2. The van der Waals surface area contributed by atoms with Crippen LogP contribution in [0.25, 0.3) is 34.1 Å². The number of nitrogen functional groups attached to an aromatic ring is 1. The number of nitrogens with zero attached hydrogens (tertiary/aromatic N) is 6. The Balaban J connectivity index is 1.65. The minimum atomic E-state index is 0.434. The van der Waals surface area contributed by atoms with Crippen molar-refractivity contribution >= 4 is 22.7 Å². The van der Waals surface area contributed by atoms with Gasteiger partial charge in [-0.3, -0.25) is 4.57 Å². The Bertz CT molecular complexity index is 1380. The summed E-state index contributed by atoms with van der Waals surface area (Å²) in [7, 11) is 0. The monoisotopic (exact) mass is 394 g/mol.